The Morgan fingerprint density at radius 2 is 2.07 bits per heavy atom. The normalized spacial score (nSPS) is 26.9. The monoisotopic (exact) mass is 274 g/mol. The topological polar surface area (TPSA) is 18.5 Å². The molecule has 74 valence electrons. The summed E-state index contributed by atoms with van der Waals surface area (Å²) in [4.78, 5) is 0. The zero-order valence-corrected chi connectivity index (χ0v) is 10.0. The molecule has 1 heterocycles. The Balaban J connectivity index is 2.14. The summed E-state index contributed by atoms with van der Waals surface area (Å²) in [6.45, 7) is 2.21. The van der Waals surface area contributed by atoms with Crippen LogP contribution in [0, 0.1) is 0 Å². The lowest BCUT2D eigenvalue weighted by Crippen LogP contribution is -2.33. The van der Waals surface area contributed by atoms with Crippen LogP contribution in [0.1, 0.15) is 6.92 Å². The molecular formula is C9H9BBrClO2. The van der Waals surface area contributed by atoms with E-state index in [1.807, 2.05) is 24.3 Å². The van der Waals surface area contributed by atoms with Gasteiger partial charge in [0.1, 0.15) is 5.06 Å². The van der Waals surface area contributed by atoms with Crippen LogP contribution in [-0.2, 0) is 9.31 Å². The summed E-state index contributed by atoms with van der Waals surface area (Å²) in [6.07, 6.45) is 0. The van der Waals surface area contributed by atoms with E-state index in [0.717, 1.165) is 9.94 Å². The van der Waals surface area contributed by atoms with Crippen LogP contribution < -0.4 is 5.46 Å². The molecule has 0 aliphatic carbocycles. The van der Waals surface area contributed by atoms with Gasteiger partial charge in [-0.15, -0.1) is 0 Å². The Kier molecular flexibility index (Phi) is 2.89. The van der Waals surface area contributed by atoms with Gasteiger partial charge >= 0.3 is 7.12 Å². The minimum Gasteiger partial charge on any atom is -0.403 e. The maximum absolute atomic E-state index is 5.99. The molecule has 0 spiro atoms. The Morgan fingerprint density at radius 3 is 2.57 bits per heavy atom. The van der Waals surface area contributed by atoms with Crippen LogP contribution in [0.3, 0.4) is 0 Å². The quantitative estimate of drug-likeness (QED) is 0.577. The molecule has 0 N–H and O–H groups in total. The van der Waals surface area contributed by atoms with Gasteiger partial charge in [-0.2, -0.15) is 0 Å². The first-order valence-electron chi connectivity index (χ1n) is 4.31. The van der Waals surface area contributed by atoms with Crippen LogP contribution in [0.5, 0.6) is 0 Å². The standard InChI is InChI=1S/C9H9BBrClO2/c1-9(12)6-13-10(14-9)7-2-4-8(11)5-3-7/h2-5H,6H2,1H3. The van der Waals surface area contributed by atoms with Crippen molar-refractivity contribution in [1.29, 1.82) is 0 Å². The fraction of sp³-hybridized carbons (Fsp3) is 0.333. The van der Waals surface area contributed by atoms with Crippen molar-refractivity contribution in [3.05, 3.63) is 28.7 Å². The van der Waals surface area contributed by atoms with Crippen LogP contribution in [0.4, 0.5) is 0 Å². The molecule has 0 amide bonds. The summed E-state index contributed by atoms with van der Waals surface area (Å²) >= 11 is 9.36. The molecule has 1 aromatic carbocycles. The lowest BCUT2D eigenvalue weighted by atomic mass is 9.79. The molecule has 0 saturated carbocycles. The van der Waals surface area contributed by atoms with Gasteiger partial charge in [-0.3, -0.25) is 0 Å². The van der Waals surface area contributed by atoms with Crippen molar-refractivity contribution in [2.45, 2.75) is 12.0 Å². The fourth-order valence-corrected chi connectivity index (χ4v) is 1.71. The zero-order chi connectivity index (χ0) is 10.2. The second-order valence-electron chi connectivity index (χ2n) is 3.41. The summed E-state index contributed by atoms with van der Waals surface area (Å²) in [7, 11) is -0.342. The Bertz CT molecular complexity index is 328. The van der Waals surface area contributed by atoms with E-state index in [4.69, 9.17) is 20.9 Å². The van der Waals surface area contributed by atoms with Gasteiger partial charge in [0.2, 0.25) is 0 Å². The van der Waals surface area contributed by atoms with Crippen LogP contribution in [0.15, 0.2) is 28.7 Å². The third-order valence-electron chi connectivity index (χ3n) is 1.99. The first-order chi connectivity index (χ1) is 6.57. The number of rotatable bonds is 1. The van der Waals surface area contributed by atoms with E-state index >= 15 is 0 Å². The van der Waals surface area contributed by atoms with Crippen molar-refractivity contribution < 1.29 is 9.31 Å². The summed E-state index contributed by atoms with van der Waals surface area (Å²) in [5, 5.41) is -0.697. The molecule has 1 aliphatic heterocycles. The fourth-order valence-electron chi connectivity index (χ4n) is 1.30. The number of hydrogen-bond acceptors (Lipinski definition) is 2. The highest BCUT2D eigenvalue weighted by molar-refractivity contribution is 9.10. The largest absolute Gasteiger partial charge is 0.495 e. The molecule has 0 aromatic heterocycles. The summed E-state index contributed by atoms with van der Waals surface area (Å²) in [5.41, 5.74) is 0.984. The predicted molar refractivity (Wildman–Crippen MR) is 60.8 cm³/mol. The average Bonchev–Trinajstić information content (AvgIpc) is 2.47. The molecule has 5 heteroatoms. The first-order valence-corrected chi connectivity index (χ1v) is 5.48. The maximum atomic E-state index is 5.99. The van der Waals surface area contributed by atoms with Crippen molar-refractivity contribution in [3.63, 3.8) is 0 Å². The van der Waals surface area contributed by atoms with Gasteiger partial charge in [0.15, 0.2) is 0 Å². The van der Waals surface area contributed by atoms with Gasteiger partial charge in [-0.25, -0.2) is 0 Å². The molecule has 1 aliphatic rings. The zero-order valence-electron chi connectivity index (χ0n) is 7.67. The van der Waals surface area contributed by atoms with Crippen LogP contribution >= 0.6 is 27.5 Å². The summed E-state index contributed by atoms with van der Waals surface area (Å²) in [6, 6.07) is 7.80. The van der Waals surface area contributed by atoms with Gasteiger partial charge in [-0.05, 0) is 24.5 Å². The third-order valence-corrected chi connectivity index (χ3v) is 2.71. The lowest BCUT2D eigenvalue weighted by molar-refractivity contribution is 0.210. The SMILES string of the molecule is CC1(Cl)COB(c2ccc(Br)cc2)O1. The Labute approximate surface area is 96.8 Å². The van der Waals surface area contributed by atoms with Crippen LogP contribution in [0.25, 0.3) is 0 Å². The molecule has 0 radical (unpaired) electrons. The van der Waals surface area contributed by atoms with Crippen molar-refractivity contribution in [1.82, 2.24) is 0 Å². The molecule has 1 aromatic rings. The summed E-state index contributed by atoms with van der Waals surface area (Å²) < 4.78 is 12.0. The molecule has 1 unspecified atom stereocenters. The van der Waals surface area contributed by atoms with Crippen molar-refractivity contribution >= 4 is 40.1 Å². The highest BCUT2D eigenvalue weighted by Crippen LogP contribution is 2.24. The van der Waals surface area contributed by atoms with Crippen LogP contribution in [0.2, 0.25) is 0 Å². The smallest absolute Gasteiger partial charge is 0.403 e. The van der Waals surface area contributed by atoms with Gasteiger partial charge in [0, 0.05) is 4.47 Å². The van der Waals surface area contributed by atoms with Crippen molar-refractivity contribution in [3.8, 4) is 0 Å². The van der Waals surface area contributed by atoms with E-state index in [-0.39, 0.29) is 7.12 Å². The minimum absolute atomic E-state index is 0.342. The molecule has 1 atom stereocenters. The maximum Gasteiger partial charge on any atom is 0.495 e. The van der Waals surface area contributed by atoms with Gasteiger partial charge in [0.05, 0.1) is 6.61 Å². The lowest BCUT2D eigenvalue weighted by Gasteiger charge is -2.12. The molecular weight excluding hydrogens is 266 g/mol. The van der Waals surface area contributed by atoms with E-state index < -0.39 is 5.06 Å². The van der Waals surface area contributed by atoms with Gasteiger partial charge < -0.3 is 9.31 Å². The van der Waals surface area contributed by atoms with Gasteiger partial charge in [-0.1, -0.05) is 39.7 Å². The minimum atomic E-state index is -0.697. The second-order valence-corrected chi connectivity index (χ2v) is 5.13. The van der Waals surface area contributed by atoms with Gasteiger partial charge in [0.25, 0.3) is 0 Å². The van der Waals surface area contributed by atoms with Crippen molar-refractivity contribution in [2.75, 3.05) is 6.61 Å². The number of hydrogen-bond donors (Lipinski definition) is 0. The molecule has 1 saturated heterocycles. The van der Waals surface area contributed by atoms with E-state index in [1.165, 1.54) is 0 Å². The number of halogens is 2. The molecule has 2 nitrogen and oxygen atoms in total. The second kappa shape index (κ2) is 3.85. The highest BCUT2D eigenvalue weighted by atomic mass is 79.9. The third kappa shape index (κ3) is 2.31. The van der Waals surface area contributed by atoms with E-state index in [1.54, 1.807) is 6.92 Å². The van der Waals surface area contributed by atoms with E-state index in [2.05, 4.69) is 15.9 Å². The Hall–Kier alpha value is -0.0251. The predicted octanol–water partition coefficient (Wildman–Crippen LogP) is 2.15. The molecule has 2 rings (SSSR count). The van der Waals surface area contributed by atoms with Crippen molar-refractivity contribution in [2.24, 2.45) is 0 Å². The Morgan fingerprint density at radius 1 is 1.43 bits per heavy atom. The summed E-state index contributed by atoms with van der Waals surface area (Å²) in [5.74, 6) is 0. The molecule has 0 bridgehead atoms. The van der Waals surface area contributed by atoms with E-state index in [0.29, 0.717) is 6.61 Å². The highest BCUT2D eigenvalue weighted by Gasteiger charge is 2.39. The number of benzene rings is 1. The molecule has 1 fully saturated rings. The molecule has 14 heavy (non-hydrogen) atoms. The first kappa shape index (κ1) is 10.5. The van der Waals surface area contributed by atoms with Crippen LogP contribution in [-0.4, -0.2) is 18.8 Å². The number of alkyl halides is 1. The van der Waals surface area contributed by atoms with E-state index in [9.17, 15) is 0 Å². The average molecular weight is 275 g/mol.